The number of nitrogens with one attached hydrogen (secondary N) is 1. The molecule has 1 aliphatic rings. The highest BCUT2D eigenvalue weighted by molar-refractivity contribution is 5.93. The normalized spacial score (nSPS) is 14.9. The molecule has 0 saturated carbocycles. The first-order valence-corrected chi connectivity index (χ1v) is 9.12. The van der Waals surface area contributed by atoms with Gasteiger partial charge in [0.1, 0.15) is 17.8 Å². The number of carbonyl (C=O) groups is 1. The minimum atomic E-state index is 0.0349. The molecule has 0 spiro atoms. The third-order valence-corrected chi connectivity index (χ3v) is 4.88. The predicted molar refractivity (Wildman–Crippen MR) is 103 cm³/mol. The van der Waals surface area contributed by atoms with E-state index in [2.05, 4.69) is 20.4 Å². The Morgan fingerprint density at radius 1 is 1.15 bits per heavy atom. The summed E-state index contributed by atoms with van der Waals surface area (Å²) in [5, 5.41) is 7.92. The van der Waals surface area contributed by atoms with Crippen LogP contribution in [0, 0.1) is 0 Å². The summed E-state index contributed by atoms with van der Waals surface area (Å²) in [5.74, 6) is 0.863. The zero-order chi connectivity index (χ0) is 18.6. The topological polar surface area (TPSA) is 75.9 Å². The fourth-order valence-corrected chi connectivity index (χ4v) is 3.39. The lowest BCUT2D eigenvalue weighted by Gasteiger charge is -2.32. The lowest BCUT2D eigenvalue weighted by molar-refractivity contribution is 0.0707. The number of amides is 1. The van der Waals surface area contributed by atoms with Gasteiger partial charge in [0.15, 0.2) is 0 Å². The van der Waals surface area contributed by atoms with Gasteiger partial charge in [0.2, 0.25) is 0 Å². The van der Waals surface area contributed by atoms with Crippen molar-refractivity contribution in [3.63, 3.8) is 0 Å². The van der Waals surface area contributed by atoms with Crippen LogP contribution in [0.15, 0.2) is 55.0 Å². The minimum Gasteiger partial charge on any atom is -0.367 e. The third kappa shape index (κ3) is 3.81. The first kappa shape index (κ1) is 17.2. The van der Waals surface area contributed by atoms with E-state index >= 15 is 0 Å². The molecule has 7 nitrogen and oxygen atoms in total. The Balaban J connectivity index is 1.40. The summed E-state index contributed by atoms with van der Waals surface area (Å²) in [4.78, 5) is 23.0. The Hall–Kier alpha value is -3.22. The Morgan fingerprint density at radius 3 is 2.63 bits per heavy atom. The monoisotopic (exact) mass is 362 g/mol. The van der Waals surface area contributed by atoms with E-state index in [1.165, 1.54) is 6.33 Å². The number of anilines is 1. The fraction of sp³-hybridized carbons (Fsp3) is 0.300. The van der Waals surface area contributed by atoms with Crippen molar-refractivity contribution in [2.45, 2.75) is 18.9 Å². The number of hydrogen-bond acceptors (Lipinski definition) is 5. The SMILES string of the molecule is Cn1nc(-c2ccccc2)cc1C(=O)N1CCC(Nc2ccncn2)CC1. The standard InChI is InChI=1S/C20H22N6O/c1-25-18(13-17(24-25)15-5-3-2-4-6-15)20(27)26-11-8-16(9-12-26)23-19-7-10-21-14-22-19/h2-7,10,13-14,16H,8-9,11-12H2,1H3,(H,21,22,23). The van der Waals surface area contributed by atoms with Gasteiger partial charge in [-0.3, -0.25) is 9.48 Å². The van der Waals surface area contributed by atoms with E-state index in [4.69, 9.17) is 0 Å². The summed E-state index contributed by atoms with van der Waals surface area (Å²) in [5.41, 5.74) is 2.46. The molecule has 0 bridgehead atoms. The predicted octanol–water partition coefficient (Wildman–Crippen LogP) is 2.59. The Kier molecular flexibility index (Phi) is 4.82. The molecule has 0 radical (unpaired) electrons. The zero-order valence-corrected chi connectivity index (χ0v) is 15.2. The molecule has 1 saturated heterocycles. The van der Waals surface area contributed by atoms with Crippen LogP contribution in [0.4, 0.5) is 5.82 Å². The molecule has 0 unspecified atom stereocenters. The molecule has 2 aromatic heterocycles. The van der Waals surface area contributed by atoms with Crippen LogP contribution in [-0.4, -0.2) is 49.7 Å². The summed E-state index contributed by atoms with van der Waals surface area (Å²) >= 11 is 0. The minimum absolute atomic E-state index is 0.0349. The van der Waals surface area contributed by atoms with E-state index in [1.54, 1.807) is 10.9 Å². The van der Waals surface area contributed by atoms with Gasteiger partial charge in [-0.1, -0.05) is 30.3 Å². The highest BCUT2D eigenvalue weighted by atomic mass is 16.2. The highest BCUT2D eigenvalue weighted by Gasteiger charge is 2.26. The molecule has 0 atom stereocenters. The van der Waals surface area contributed by atoms with Crippen LogP contribution in [-0.2, 0) is 7.05 Å². The van der Waals surface area contributed by atoms with Gasteiger partial charge >= 0.3 is 0 Å². The average Bonchev–Trinajstić information content (AvgIpc) is 3.11. The van der Waals surface area contributed by atoms with Gasteiger partial charge in [0.25, 0.3) is 5.91 Å². The molecule has 0 aliphatic carbocycles. The molecule has 7 heteroatoms. The van der Waals surface area contributed by atoms with E-state index in [0.29, 0.717) is 24.8 Å². The van der Waals surface area contributed by atoms with Crippen LogP contribution in [0.2, 0.25) is 0 Å². The lowest BCUT2D eigenvalue weighted by atomic mass is 10.0. The Labute approximate surface area is 158 Å². The van der Waals surface area contributed by atoms with Gasteiger partial charge in [0, 0.05) is 37.9 Å². The van der Waals surface area contributed by atoms with Gasteiger partial charge in [-0.05, 0) is 25.0 Å². The molecule has 1 amide bonds. The number of aromatic nitrogens is 4. The summed E-state index contributed by atoms with van der Waals surface area (Å²) in [6.45, 7) is 1.43. The van der Waals surface area contributed by atoms with Gasteiger partial charge < -0.3 is 10.2 Å². The van der Waals surface area contributed by atoms with Crippen LogP contribution in [0.3, 0.4) is 0 Å². The molecule has 138 valence electrons. The quantitative estimate of drug-likeness (QED) is 0.772. The van der Waals surface area contributed by atoms with Crippen molar-refractivity contribution < 1.29 is 4.79 Å². The zero-order valence-electron chi connectivity index (χ0n) is 15.2. The Morgan fingerprint density at radius 2 is 1.93 bits per heavy atom. The van der Waals surface area contributed by atoms with E-state index < -0.39 is 0 Å². The van der Waals surface area contributed by atoms with Crippen molar-refractivity contribution in [2.75, 3.05) is 18.4 Å². The number of carbonyl (C=O) groups excluding carboxylic acids is 1. The summed E-state index contributed by atoms with van der Waals surface area (Å²) in [6, 6.07) is 14.0. The fourth-order valence-electron chi connectivity index (χ4n) is 3.39. The lowest BCUT2D eigenvalue weighted by Crippen LogP contribution is -2.43. The number of piperidine rings is 1. The third-order valence-electron chi connectivity index (χ3n) is 4.88. The van der Waals surface area contributed by atoms with Gasteiger partial charge in [0.05, 0.1) is 5.69 Å². The molecule has 1 aliphatic heterocycles. The van der Waals surface area contributed by atoms with E-state index in [9.17, 15) is 4.79 Å². The van der Waals surface area contributed by atoms with Gasteiger partial charge in [-0.2, -0.15) is 5.10 Å². The van der Waals surface area contributed by atoms with Gasteiger partial charge in [-0.15, -0.1) is 0 Å². The molecule has 1 N–H and O–H groups in total. The molecule has 4 rings (SSSR count). The van der Waals surface area contributed by atoms with Crippen molar-refractivity contribution in [3.05, 3.63) is 60.7 Å². The van der Waals surface area contributed by atoms with Crippen molar-refractivity contribution in [3.8, 4) is 11.3 Å². The van der Waals surface area contributed by atoms with Crippen LogP contribution in [0.1, 0.15) is 23.3 Å². The second-order valence-corrected chi connectivity index (χ2v) is 6.71. The molecule has 1 aromatic carbocycles. The highest BCUT2D eigenvalue weighted by Crippen LogP contribution is 2.21. The number of hydrogen-bond donors (Lipinski definition) is 1. The number of likely N-dealkylation sites (tertiary alicyclic amines) is 1. The smallest absolute Gasteiger partial charge is 0.272 e. The molecule has 1 fully saturated rings. The Bertz CT molecular complexity index is 901. The molecule has 3 heterocycles. The second kappa shape index (κ2) is 7.57. The number of aryl methyl sites for hydroxylation is 1. The number of rotatable bonds is 4. The van der Waals surface area contributed by atoms with Crippen molar-refractivity contribution in [1.29, 1.82) is 0 Å². The summed E-state index contributed by atoms with van der Waals surface area (Å²) in [6.07, 6.45) is 5.03. The van der Waals surface area contributed by atoms with Crippen LogP contribution < -0.4 is 5.32 Å². The first-order chi connectivity index (χ1) is 13.2. The maximum absolute atomic E-state index is 13.0. The molecule has 3 aromatic rings. The summed E-state index contributed by atoms with van der Waals surface area (Å²) < 4.78 is 1.68. The van der Waals surface area contributed by atoms with Crippen molar-refractivity contribution >= 4 is 11.7 Å². The molecule has 27 heavy (non-hydrogen) atoms. The van der Waals surface area contributed by atoms with Crippen LogP contribution >= 0.6 is 0 Å². The van der Waals surface area contributed by atoms with Crippen molar-refractivity contribution in [2.24, 2.45) is 7.05 Å². The van der Waals surface area contributed by atoms with E-state index in [-0.39, 0.29) is 5.91 Å². The second-order valence-electron chi connectivity index (χ2n) is 6.71. The van der Waals surface area contributed by atoms with Crippen LogP contribution in [0.25, 0.3) is 11.3 Å². The van der Waals surface area contributed by atoms with E-state index in [1.807, 2.05) is 54.4 Å². The molecular weight excluding hydrogens is 340 g/mol. The van der Waals surface area contributed by atoms with Crippen LogP contribution in [0.5, 0.6) is 0 Å². The van der Waals surface area contributed by atoms with Crippen molar-refractivity contribution in [1.82, 2.24) is 24.6 Å². The maximum Gasteiger partial charge on any atom is 0.272 e. The summed E-state index contributed by atoms with van der Waals surface area (Å²) in [7, 11) is 1.82. The van der Waals surface area contributed by atoms with E-state index in [0.717, 1.165) is 29.9 Å². The maximum atomic E-state index is 13.0. The first-order valence-electron chi connectivity index (χ1n) is 9.12. The molecular formula is C20H22N6O. The number of benzene rings is 1. The van der Waals surface area contributed by atoms with Gasteiger partial charge in [-0.25, -0.2) is 9.97 Å². The number of nitrogens with zero attached hydrogens (tertiary/aromatic N) is 5. The average molecular weight is 362 g/mol. The largest absolute Gasteiger partial charge is 0.367 e.